The molecule has 2 aliphatic heterocycles. The number of carbonyl (C=O) groups is 2. The van der Waals surface area contributed by atoms with Crippen molar-refractivity contribution < 1.29 is 14.7 Å². The zero-order chi connectivity index (χ0) is 22.0. The van der Waals surface area contributed by atoms with Gasteiger partial charge in [-0.1, -0.05) is 18.2 Å². The van der Waals surface area contributed by atoms with Crippen molar-refractivity contribution in [3.05, 3.63) is 70.7 Å². The molecule has 31 heavy (non-hydrogen) atoms. The van der Waals surface area contributed by atoms with E-state index in [1.54, 1.807) is 12.4 Å². The zero-order valence-electron chi connectivity index (χ0n) is 18.0. The molecule has 1 aromatic heterocycles. The molecular weight excluding hydrogens is 392 g/mol. The fourth-order valence-corrected chi connectivity index (χ4v) is 4.16. The van der Waals surface area contributed by atoms with Crippen LogP contribution in [0, 0.1) is 13.8 Å². The first-order valence-corrected chi connectivity index (χ1v) is 10.6. The van der Waals surface area contributed by atoms with Crippen LogP contribution < -0.4 is 0 Å². The molecule has 7 heteroatoms. The molecule has 4 rings (SSSR count). The Balaban J connectivity index is 1.70. The van der Waals surface area contributed by atoms with Crippen LogP contribution in [0.1, 0.15) is 22.3 Å². The Bertz CT molecular complexity index is 1010. The molecule has 7 nitrogen and oxygen atoms in total. The highest BCUT2D eigenvalue weighted by molar-refractivity contribution is 6.35. The molecule has 0 radical (unpaired) electrons. The van der Waals surface area contributed by atoms with E-state index < -0.39 is 0 Å². The summed E-state index contributed by atoms with van der Waals surface area (Å²) in [6.07, 6.45) is 3.33. The fourth-order valence-electron chi connectivity index (χ4n) is 4.16. The monoisotopic (exact) mass is 420 g/mol. The van der Waals surface area contributed by atoms with Crippen molar-refractivity contribution in [2.75, 3.05) is 39.3 Å². The van der Waals surface area contributed by atoms with Gasteiger partial charge < -0.3 is 10.0 Å². The lowest BCUT2D eigenvalue weighted by molar-refractivity contribution is -0.138. The summed E-state index contributed by atoms with van der Waals surface area (Å²) in [6, 6.07) is 9.57. The maximum absolute atomic E-state index is 13.5. The molecule has 2 aliphatic rings. The van der Waals surface area contributed by atoms with Crippen molar-refractivity contribution in [3.63, 3.8) is 0 Å². The molecule has 1 fully saturated rings. The number of aliphatic hydroxyl groups excluding tert-OH is 1. The number of rotatable bonds is 6. The number of aliphatic hydroxyl groups is 1. The third kappa shape index (κ3) is 4.24. The predicted octanol–water partition coefficient (Wildman–Crippen LogP) is 1.59. The van der Waals surface area contributed by atoms with Gasteiger partial charge in [-0.3, -0.25) is 24.4 Å². The number of carbonyl (C=O) groups excluding carboxylic acids is 2. The van der Waals surface area contributed by atoms with Crippen LogP contribution in [0.5, 0.6) is 0 Å². The Kier molecular flexibility index (Phi) is 6.15. The Hall–Kier alpha value is -3.03. The third-order valence-electron chi connectivity index (χ3n) is 6.13. The molecular formula is C24H28N4O3. The number of hydrogen-bond acceptors (Lipinski definition) is 6. The van der Waals surface area contributed by atoms with E-state index in [2.05, 4.69) is 9.88 Å². The molecule has 1 aromatic carbocycles. The Labute approximate surface area is 182 Å². The van der Waals surface area contributed by atoms with Gasteiger partial charge in [-0.2, -0.15) is 0 Å². The second kappa shape index (κ2) is 8.99. The number of piperazine rings is 1. The SMILES string of the molecule is Cc1ccc(C2=C(N3CCN(CCO)CC3)C(=O)N(Cc3ccncc3)C2=O)cc1C. The Morgan fingerprint density at radius 2 is 1.65 bits per heavy atom. The van der Waals surface area contributed by atoms with Crippen LogP contribution in [0.3, 0.4) is 0 Å². The lowest BCUT2D eigenvalue weighted by Gasteiger charge is -2.36. The predicted molar refractivity (Wildman–Crippen MR) is 118 cm³/mol. The van der Waals surface area contributed by atoms with Crippen molar-refractivity contribution in [1.82, 2.24) is 19.7 Å². The molecule has 0 aliphatic carbocycles. The van der Waals surface area contributed by atoms with Crippen LogP contribution in [-0.2, 0) is 16.1 Å². The van der Waals surface area contributed by atoms with E-state index in [1.807, 2.05) is 49.1 Å². The van der Waals surface area contributed by atoms with E-state index in [1.165, 1.54) is 4.90 Å². The summed E-state index contributed by atoms with van der Waals surface area (Å²) in [5.41, 5.74) is 4.86. The first kappa shape index (κ1) is 21.2. The normalized spacial score (nSPS) is 17.8. The second-order valence-corrected chi connectivity index (χ2v) is 8.13. The highest BCUT2D eigenvalue weighted by Gasteiger charge is 2.42. The molecule has 0 saturated carbocycles. The molecule has 1 saturated heterocycles. The van der Waals surface area contributed by atoms with Gasteiger partial charge in [-0.25, -0.2) is 0 Å². The van der Waals surface area contributed by atoms with Gasteiger partial charge in [0.25, 0.3) is 11.8 Å². The average molecular weight is 421 g/mol. The Morgan fingerprint density at radius 1 is 0.935 bits per heavy atom. The van der Waals surface area contributed by atoms with Gasteiger partial charge in [0.15, 0.2) is 0 Å². The number of pyridine rings is 1. The Morgan fingerprint density at radius 3 is 2.29 bits per heavy atom. The maximum atomic E-state index is 13.5. The lowest BCUT2D eigenvalue weighted by atomic mass is 9.99. The smallest absolute Gasteiger partial charge is 0.278 e. The number of aryl methyl sites for hydroxylation is 2. The minimum Gasteiger partial charge on any atom is -0.395 e. The highest BCUT2D eigenvalue weighted by Crippen LogP contribution is 2.33. The first-order chi connectivity index (χ1) is 15.0. The number of aromatic nitrogens is 1. The molecule has 162 valence electrons. The van der Waals surface area contributed by atoms with Crippen LogP contribution >= 0.6 is 0 Å². The van der Waals surface area contributed by atoms with E-state index in [0.29, 0.717) is 30.9 Å². The van der Waals surface area contributed by atoms with E-state index in [-0.39, 0.29) is 25.0 Å². The minimum absolute atomic E-state index is 0.119. The maximum Gasteiger partial charge on any atom is 0.278 e. The van der Waals surface area contributed by atoms with E-state index in [4.69, 9.17) is 0 Å². The van der Waals surface area contributed by atoms with Crippen LogP contribution in [0.4, 0.5) is 0 Å². The van der Waals surface area contributed by atoms with Gasteiger partial charge in [-0.15, -0.1) is 0 Å². The molecule has 0 atom stereocenters. The first-order valence-electron chi connectivity index (χ1n) is 10.6. The van der Waals surface area contributed by atoms with Crippen LogP contribution in [0.2, 0.25) is 0 Å². The summed E-state index contributed by atoms with van der Waals surface area (Å²) in [5, 5.41) is 9.21. The van der Waals surface area contributed by atoms with Gasteiger partial charge >= 0.3 is 0 Å². The summed E-state index contributed by atoms with van der Waals surface area (Å²) in [5.74, 6) is -0.497. The number of hydrogen-bond donors (Lipinski definition) is 1. The second-order valence-electron chi connectivity index (χ2n) is 8.13. The average Bonchev–Trinajstić information content (AvgIpc) is 3.02. The number of imide groups is 1. The minimum atomic E-state index is -0.252. The van der Waals surface area contributed by atoms with Crippen molar-refractivity contribution in [1.29, 1.82) is 0 Å². The lowest BCUT2D eigenvalue weighted by Crippen LogP contribution is -2.48. The van der Waals surface area contributed by atoms with Crippen LogP contribution in [-0.4, -0.2) is 75.9 Å². The zero-order valence-corrected chi connectivity index (χ0v) is 18.0. The summed E-state index contributed by atoms with van der Waals surface area (Å²) in [7, 11) is 0. The molecule has 0 spiro atoms. The molecule has 0 bridgehead atoms. The van der Waals surface area contributed by atoms with E-state index in [9.17, 15) is 14.7 Å². The third-order valence-corrected chi connectivity index (χ3v) is 6.13. The van der Waals surface area contributed by atoms with E-state index in [0.717, 1.165) is 35.3 Å². The van der Waals surface area contributed by atoms with Gasteiger partial charge in [0.2, 0.25) is 0 Å². The molecule has 0 unspecified atom stereocenters. The van der Waals surface area contributed by atoms with E-state index >= 15 is 0 Å². The topological polar surface area (TPSA) is 77.0 Å². The number of β-amino-alcohol motifs (C(OH)–C–C–N with tert-alkyl or cyclic N) is 1. The fraction of sp³-hybridized carbons (Fsp3) is 0.375. The number of amides is 2. The van der Waals surface area contributed by atoms with Crippen LogP contribution in [0.25, 0.3) is 5.57 Å². The van der Waals surface area contributed by atoms with Crippen LogP contribution in [0.15, 0.2) is 48.4 Å². The number of benzene rings is 1. The summed E-state index contributed by atoms with van der Waals surface area (Å²) >= 11 is 0. The standard InChI is InChI=1S/C24H28N4O3/c1-17-3-4-20(15-18(17)2)21-22(27-11-9-26(10-12-27)13-14-29)24(31)28(23(21)30)16-19-5-7-25-8-6-19/h3-8,15,29H,9-14,16H2,1-2H3. The molecule has 1 N–H and O–H groups in total. The molecule has 3 heterocycles. The van der Waals surface area contributed by atoms with Crippen molar-refractivity contribution in [2.24, 2.45) is 0 Å². The largest absolute Gasteiger partial charge is 0.395 e. The van der Waals surface area contributed by atoms with Crippen molar-refractivity contribution in [2.45, 2.75) is 20.4 Å². The van der Waals surface area contributed by atoms with Gasteiger partial charge in [-0.05, 0) is 48.2 Å². The number of nitrogens with zero attached hydrogens (tertiary/aromatic N) is 4. The van der Waals surface area contributed by atoms with Crippen molar-refractivity contribution in [3.8, 4) is 0 Å². The summed E-state index contributed by atoms with van der Waals surface area (Å²) < 4.78 is 0. The summed E-state index contributed by atoms with van der Waals surface area (Å²) in [6.45, 7) is 7.80. The summed E-state index contributed by atoms with van der Waals surface area (Å²) in [4.78, 5) is 36.6. The quantitative estimate of drug-likeness (QED) is 0.716. The van der Waals surface area contributed by atoms with Gasteiger partial charge in [0, 0.05) is 45.1 Å². The van der Waals surface area contributed by atoms with Gasteiger partial charge in [0.05, 0.1) is 18.7 Å². The molecule has 2 aromatic rings. The molecule has 2 amide bonds. The highest BCUT2D eigenvalue weighted by atomic mass is 16.3. The van der Waals surface area contributed by atoms with Gasteiger partial charge in [0.1, 0.15) is 5.70 Å². The van der Waals surface area contributed by atoms with Crippen molar-refractivity contribution >= 4 is 17.4 Å².